The third-order valence-electron chi connectivity index (χ3n) is 4.25. The van der Waals surface area contributed by atoms with Crippen molar-refractivity contribution in [1.82, 2.24) is 14.9 Å². The molecule has 2 atom stereocenters. The first-order valence-corrected chi connectivity index (χ1v) is 11.2. The van der Waals surface area contributed by atoms with Crippen LogP contribution in [0.3, 0.4) is 0 Å². The van der Waals surface area contributed by atoms with E-state index < -0.39 is 27.4 Å². The van der Waals surface area contributed by atoms with Crippen molar-refractivity contribution in [3.8, 4) is 5.75 Å². The molecule has 14 heteroatoms. The lowest BCUT2D eigenvalue weighted by Gasteiger charge is -2.22. The van der Waals surface area contributed by atoms with Crippen LogP contribution in [0, 0.1) is 13.8 Å². The lowest BCUT2D eigenvalue weighted by atomic mass is 9.96. The molecule has 2 aromatic carbocycles. The van der Waals surface area contributed by atoms with Crippen LogP contribution in [0.1, 0.15) is 28.3 Å². The predicted molar refractivity (Wildman–Crippen MR) is 110 cm³/mol. The largest absolute Gasteiger partial charge is 0.380 e. The number of aryl methyl sites for hydroxylation is 2. The standard InChI is InChI=1S/C17H20N6O6S2/c1-11-7-13(3-5-15(11)27-31(19,25)26)17(22-23-9-20-21-10-23)14-4-6-16(12(2)8-14)30(24)29-28-18/h3-10,17,22H,18H2,1-2H3,(H2,19,25,26). The minimum Gasteiger partial charge on any atom is -0.371 e. The third kappa shape index (κ3) is 5.84. The summed E-state index contributed by atoms with van der Waals surface area (Å²) in [4.78, 5) is 4.39. The average molecular weight is 469 g/mol. The van der Waals surface area contributed by atoms with Gasteiger partial charge >= 0.3 is 10.3 Å². The van der Waals surface area contributed by atoms with Gasteiger partial charge in [0.1, 0.15) is 18.4 Å². The van der Waals surface area contributed by atoms with Gasteiger partial charge in [-0.3, -0.25) is 0 Å². The van der Waals surface area contributed by atoms with E-state index in [1.807, 2.05) is 6.07 Å². The van der Waals surface area contributed by atoms with Gasteiger partial charge in [-0.2, -0.15) is 19.5 Å². The first-order valence-electron chi connectivity index (χ1n) is 8.68. The van der Waals surface area contributed by atoms with Crippen molar-refractivity contribution < 1.29 is 26.1 Å². The zero-order valence-corrected chi connectivity index (χ0v) is 18.1. The molecule has 3 aromatic rings. The molecule has 0 fully saturated rings. The second-order valence-corrected chi connectivity index (χ2v) is 8.65. The Labute approximate surface area is 180 Å². The molecule has 1 aromatic heterocycles. The fourth-order valence-corrected chi connectivity index (χ4v) is 4.02. The van der Waals surface area contributed by atoms with E-state index in [0.717, 1.165) is 11.1 Å². The first kappa shape index (κ1) is 22.8. The Balaban J connectivity index is 2.00. The van der Waals surface area contributed by atoms with E-state index in [4.69, 9.17) is 15.2 Å². The zero-order chi connectivity index (χ0) is 22.6. The van der Waals surface area contributed by atoms with E-state index in [2.05, 4.69) is 24.9 Å². The lowest BCUT2D eigenvalue weighted by Crippen LogP contribution is -2.22. The topological polar surface area (TPSA) is 174 Å². The van der Waals surface area contributed by atoms with Crippen molar-refractivity contribution in [2.75, 3.05) is 5.43 Å². The van der Waals surface area contributed by atoms with Crippen LogP contribution in [0.25, 0.3) is 0 Å². The van der Waals surface area contributed by atoms with Crippen LogP contribution in [0.5, 0.6) is 5.75 Å². The number of aromatic nitrogens is 3. The molecule has 0 aliphatic heterocycles. The number of nitrogens with one attached hydrogen (secondary N) is 1. The second kappa shape index (κ2) is 9.51. The van der Waals surface area contributed by atoms with Crippen LogP contribution < -0.4 is 20.6 Å². The van der Waals surface area contributed by atoms with Gasteiger partial charge in [0.15, 0.2) is 0 Å². The molecule has 12 nitrogen and oxygen atoms in total. The summed E-state index contributed by atoms with van der Waals surface area (Å²) in [6, 6.07) is 9.76. The Morgan fingerprint density at radius 1 is 1.06 bits per heavy atom. The van der Waals surface area contributed by atoms with Gasteiger partial charge in [-0.05, 0) is 54.3 Å². The van der Waals surface area contributed by atoms with Crippen LogP contribution in [0.4, 0.5) is 0 Å². The molecule has 1 heterocycles. The molecule has 0 radical (unpaired) electrons. The molecule has 0 bridgehead atoms. The van der Waals surface area contributed by atoms with Gasteiger partial charge < -0.3 is 9.61 Å². The minimum absolute atomic E-state index is 0.121. The first-order chi connectivity index (χ1) is 14.7. The quantitative estimate of drug-likeness (QED) is 0.299. The molecule has 0 spiro atoms. The Morgan fingerprint density at radius 3 is 2.23 bits per heavy atom. The van der Waals surface area contributed by atoms with E-state index in [-0.39, 0.29) is 5.75 Å². The van der Waals surface area contributed by atoms with Crippen LogP contribution in [-0.4, -0.2) is 27.5 Å². The molecule has 0 aliphatic carbocycles. The van der Waals surface area contributed by atoms with Gasteiger partial charge in [0.25, 0.3) is 0 Å². The summed E-state index contributed by atoms with van der Waals surface area (Å²) in [5.74, 6) is 4.94. The van der Waals surface area contributed by atoms with Gasteiger partial charge in [0.2, 0.25) is 11.1 Å². The van der Waals surface area contributed by atoms with Gasteiger partial charge in [-0.15, -0.1) is 19.5 Å². The maximum Gasteiger partial charge on any atom is 0.380 e. The second-order valence-electron chi connectivity index (χ2n) is 6.46. The highest BCUT2D eigenvalue weighted by molar-refractivity contribution is 7.84. The maximum atomic E-state index is 12.0. The fraction of sp³-hybridized carbons (Fsp3) is 0.176. The summed E-state index contributed by atoms with van der Waals surface area (Å²) in [7, 11) is -4.15. The van der Waals surface area contributed by atoms with Crippen molar-refractivity contribution in [3.05, 3.63) is 71.3 Å². The Hall–Kier alpha value is -2.88. The number of nitrogens with two attached hydrogens (primary N) is 2. The van der Waals surface area contributed by atoms with Crippen molar-refractivity contribution >= 4 is 21.4 Å². The SMILES string of the molecule is Cc1cc(C(Nn2cnnc2)c2ccc(S(=O)OON)c(C)c2)ccc1OS(N)(=O)=O. The normalized spacial score (nSPS) is 13.5. The van der Waals surface area contributed by atoms with E-state index in [1.165, 1.54) is 18.7 Å². The summed E-state index contributed by atoms with van der Waals surface area (Å²) in [6.45, 7) is 3.46. The number of nitrogens with zero attached hydrogens (tertiary/aromatic N) is 3. The maximum absolute atomic E-state index is 12.0. The summed E-state index contributed by atoms with van der Waals surface area (Å²) >= 11 is -1.89. The molecule has 0 aliphatic rings. The molecule has 2 unspecified atom stereocenters. The van der Waals surface area contributed by atoms with Crippen LogP contribution in [-0.2, 0) is 30.7 Å². The minimum atomic E-state index is -4.15. The summed E-state index contributed by atoms with van der Waals surface area (Å²) < 4.78 is 45.4. The highest BCUT2D eigenvalue weighted by atomic mass is 32.2. The molecule has 5 N–H and O–H groups in total. The van der Waals surface area contributed by atoms with Crippen molar-refractivity contribution in [2.24, 2.45) is 11.0 Å². The number of rotatable bonds is 9. The van der Waals surface area contributed by atoms with Crippen LogP contribution in [0.15, 0.2) is 53.9 Å². The monoisotopic (exact) mass is 468 g/mol. The lowest BCUT2D eigenvalue weighted by molar-refractivity contribution is -0.201. The van der Waals surface area contributed by atoms with Crippen molar-refractivity contribution in [1.29, 1.82) is 0 Å². The summed E-state index contributed by atoms with van der Waals surface area (Å²) in [5, 5.41) is 12.5. The highest BCUT2D eigenvalue weighted by Gasteiger charge is 2.19. The van der Waals surface area contributed by atoms with E-state index in [9.17, 15) is 12.6 Å². The molecule has 166 valence electrons. The molecule has 0 saturated carbocycles. The van der Waals surface area contributed by atoms with Crippen molar-refractivity contribution in [2.45, 2.75) is 24.8 Å². The number of hydrogen-bond acceptors (Lipinski definition) is 10. The highest BCUT2D eigenvalue weighted by Crippen LogP contribution is 2.30. The zero-order valence-electron chi connectivity index (χ0n) is 16.5. The van der Waals surface area contributed by atoms with Crippen LogP contribution in [0.2, 0.25) is 0 Å². The summed E-state index contributed by atoms with van der Waals surface area (Å²) in [5.41, 5.74) is 6.07. The van der Waals surface area contributed by atoms with Gasteiger partial charge in [0, 0.05) is 0 Å². The summed E-state index contributed by atoms with van der Waals surface area (Å²) in [6.07, 6.45) is 2.97. The smallest absolute Gasteiger partial charge is 0.371 e. The third-order valence-corrected chi connectivity index (χ3v) is 5.68. The Kier molecular flexibility index (Phi) is 6.99. The van der Waals surface area contributed by atoms with Gasteiger partial charge in [-0.1, -0.05) is 18.2 Å². The number of benzene rings is 2. The average Bonchev–Trinajstić information content (AvgIpc) is 3.20. The Morgan fingerprint density at radius 2 is 1.68 bits per heavy atom. The van der Waals surface area contributed by atoms with E-state index in [0.29, 0.717) is 16.0 Å². The van der Waals surface area contributed by atoms with E-state index in [1.54, 1.807) is 42.8 Å². The molecular weight excluding hydrogens is 448 g/mol. The van der Waals surface area contributed by atoms with Gasteiger partial charge in [-0.25, -0.2) is 8.89 Å². The molecule has 0 amide bonds. The molecule has 3 rings (SSSR count). The van der Waals surface area contributed by atoms with Crippen LogP contribution >= 0.6 is 0 Å². The van der Waals surface area contributed by atoms with Crippen molar-refractivity contribution in [3.63, 3.8) is 0 Å². The Bertz CT molecular complexity index is 1190. The molecule has 0 saturated heterocycles. The molecular formula is C17H20N6O6S2. The van der Waals surface area contributed by atoms with Gasteiger partial charge in [0.05, 0.1) is 10.9 Å². The van der Waals surface area contributed by atoms with E-state index >= 15 is 0 Å². The number of hydrogen-bond donors (Lipinski definition) is 3. The molecule has 31 heavy (non-hydrogen) atoms. The fourth-order valence-electron chi connectivity index (χ4n) is 2.94. The predicted octanol–water partition coefficient (Wildman–Crippen LogP) is 0.655.